The van der Waals surface area contributed by atoms with Crippen LogP contribution in [-0.2, 0) is 0 Å². The molecule has 0 bridgehead atoms. The Hall–Kier alpha value is -0.710. The van der Waals surface area contributed by atoms with Gasteiger partial charge < -0.3 is 11.1 Å². The zero-order valence-electron chi connectivity index (χ0n) is 6.91. The molecule has 0 heterocycles. The van der Waals surface area contributed by atoms with Gasteiger partial charge in [-0.3, -0.25) is 0 Å². The lowest BCUT2D eigenvalue weighted by Gasteiger charge is -2.16. The van der Waals surface area contributed by atoms with Gasteiger partial charge in [-0.2, -0.15) is 13.2 Å². The molecule has 0 aliphatic rings. The molecule has 1 atom stereocenters. The van der Waals surface area contributed by atoms with Crippen molar-refractivity contribution >= 4 is 0 Å². The average molecular weight is 182 g/mol. The van der Waals surface area contributed by atoms with Crippen molar-refractivity contribution in [1.82, 2.24) is 5.32 Å². The predicted molar refractivity (Wildman–Crippen MR) is 41.5 cm³/mol. The first-order valence-corrected chi connectivity index (χ1v) is 3.61. The summed E-state index contributed by atoms with van der Waals surface area (Å²) in [5.74, 6) is 0. The van der Waals surface area contributed by atoms with Crippen molar-refractivity contribution in [2.45, 2.75) is 25.6 Å². The summed E-state index contributed by atoms with van der Waals surface area (Å²) in [4.78, 5) is 0. The van der Waals surface area contributed by atoms with Crippen LogP contribution in [0.1, 0.15) is 13.3 Å². The number of alkyl halides is 3. The molecule has 0 saturated heterocycles. The zero-order valence-corrected chi connectivity index (χ0v) is 6.91. The van der Waals surface area contributed by atoms with Crippen molar-refractivity contribution in [3.8, 4) is 0 Å². The highest BCUT2D eigenvalue weighted by Gasteiger charge is 2.27. The van der Waals surface area contributed by atoms with E-state index in [-0.39, 0.29) is 5.70 Å². The molecule has 0 fully saturated rings. The van der Waals surface area contributed by atoms with Crippen LogP contribution in [0.3, 0.4) is 0 Å². The molecule has 0 radical (unpaired) electrons. The highest BCUT2D eigenvalue weighted by atomic mass is 19.4. The topological polar surface area (TPSA) is 38.0 Å². The summed E-state index contributed by atoms with van der Waals surface area (Å²) in [7, 11) is 0. The van der Waals surface area contributed by atoms with E-state index in [0.717, 1.165) is 0 Å². The molecule has 0 aliphatic carbocycles. The van der Waals surface area contributed by atoms with Gasteiger partial charge in [0.1, 0.15) is 6.54 Å². The quantitative estimate of drug-likeness (QED) is 0.689. The van der Waals surface area contributed by atoms with Crippen molar-refractivity contribution in [2.75, 3.05) is 6.54 Å². The third-order valence-corrected chi connectivity index (χ3v) is 1.40. The summed E-state index contributed by atoms with van der Waals surface area (Å²) in [6.45, 7) is 4.11. The van der Waals surface area contributed by atoms with E-state index in [9.17, 15) is 13.2 Å². The molecule has 0 aromatic heterocycles. The minimum Gasteiger partial charge on any atom is -0.379 e. The highest BCUT2D eigenvalue weighted by Crippen LogP contribution is 2.13. The molecule has 72 valence electrons. The first-order valence-electron chi connectivity index (χ1n) is 3.61. The first kappa shape index (κ1) is 11.3. The third-order valence-electron chi connectivity index (χ3n) is 1.40. The van der Waals surface area contributed by atoms with E-state index in [4.69, 9.17) is 5.73 Å². The molecule has 0 spiro atoms. The van der Waals surface area contributed by atoms with Crippen LogP contribution in [0.5, 0.6) is 0 Å². The Morgan fingerprint density at radius 3 is 2.42 bits per heavy atom. The van der Waals surface area contributed by atoms with E-state index < -0.39 is 18.8 Å². The van der Waals surface area contributed by atoms with E-state index in [1.165, 1.54) is 0 Å². The SMILES string of the molecule is C=C(NCC(F)(F)F)[C@H](N)CC. The summed E-state index contributed by atoms with van der Waals surface area (Å²) in [5, 5.41) is 2.13. The molecule has 0 unspecified atom stereocenters. The molecule has 0 amide bonds. The molecule has 12 heavy (non-hydrogen) atoms. The van der Waals surface area contributed by atoms with Crippen molar-refractivity contribution in [3.05, 3.63) is 12.3 Å². The van der Waals surface area contributed by atoms with Crippen LogP contribution in [0.2, 0.25) is 0 Å². The summed E-state index contributed by atoms with van der Waals surface area (Å²) in [6, 6.07) is -0.410. The standard InChI is InChI=1S/C7H13F3N2/c1-3-6(11)5(2)12-4-7(8,9)10/h6,12H,2-4,11H2,1H3/t6-/m1/s1. The number of halogens is 3. The minimum absolute atomic E-state index is 0.231. The van der Waals surface area contributed by atoms with E-state index in [1.54, 1.807) is 6.92 Å². The Morgan fingerprint density at radius 1 is 1.58 bits per heavy atom. The maximum Gasteiger partial charge on any atom is 0.405 e. The van der Waals surface area contributed by atoms with Gasteiger partial charge in [0.05, 0.1) is 0 Å². The molecule has 0 rings (SSSR count). The van der Waals surface area contributed by atoms with E-state index >= 15 is 0 Å². The lowest BCUT2D eigenvalue weighted by molar-refractivity contribution is -0.123. The Balaban J connectivity index is 3.72. The average Bonchev–Trinajstić information content (AvgIpc) is 1.97. The fraction of sp³-hybridized carbons (Fsp3) is 0.714. The fourth-order valence-electron chi connectivity index (χ4n) is 0.591. The normalized spacial score (nSPS) is 14.1. The second-order valence-electron chi connectivity index (χ2n) is 2.51. The summed E-state index contributed by atoms with van der Waals surface area (Å²) in [6.07, 6.45) is -3.64. The number of nitrogens with one attached hydrogen (secondary N) is 1. The van der Waals surface area contributed by atoms with Crippen LogP contribution in [0.4, 0.5) is 13.2 Å². The molecule has 5 heteroatoms. The molecule has 0 aromatic rings. The second-order valence-corrected chi connectivity index (χ2v) is 2.51. The van der Waals surface area contributed by atoms with Gasteiger partial charge in [0.25, 0.3) is 0 Å². The van der Waals surface area contributed by atoms with Crippen LogP contribution in [0.25, 0.3) is 0 Å². The van der Waals surface area contributed by atoms with Crippen molar-refractivity contribution in [1.29, 1.82) is 0 Å². The number of rotatable bonds is 4. The van der Waals surface area contributed by atoms with Crippen LogP contribution in [-0.4, -0.2) is 18.8 Å². The van der Waals surface area contributed by atoms with Gasteiger partial charge >= 0.3 is 6.18 Å². The molecular weight excluding hydrogens is 169 g/mol. The molecule has 0 saturated carbocycles. The maximum absolute atomic E-state index is 11.6. The molecular formula is C7H13F3N2. The van der Waals surface area contributed by atoms with Crippen molar-refractivity contribution in [3.63, 3.8) is 0 Å². The van der Waals surface area contributed by atoms with Gasteiger partial charge in [-0.1, -0.05) is 13.5 Å². The van der Waals surface area contributed by atoms with Gasteiger partial charge in [-0.25, -0.2) is 0 Å². The van der Waals surface area contributed by atoms with Crippen LogP contribution >= 0.6 is 0 Å². The Labute approximate surface area is 69.6 Å². The summed E-state index contributed by atoms with van der Waals surface area (Å²) in [5.41, 5.74) is 5.65. The van der Waals surface area contributed by atoms with Crippen molar-refractivity contribution in [2.24, 2.45) is 5.73 Å². The largest absolute Gasteiger partial charge is 0.405 e. The molecule has 2 nitrogen and oxygen atoms in total. The number of hydrogen-bond donors (Lipinski definition) is 2. The third kappa shape index (κ3) is 5.01. The first-order chi connectivity index (χ1) is 5.37. The van der Waals surface area contributed by atoms with Crippen molar-refractivity contribution < 1.29 is 13.2 Å². The lowest BCUT2D eigenvalue weighted by atomic mass is 10.2. The van der Waals surface area contributed by atoms with Gasteiger partial charge in [-0.15, -0.1) is 0 Å². The Bertz CT molecular complexity index is 153. The van der Waals surface area contributed by atoms with Gasteiger partial charge in [0, 0.05) is 11.7 Å². The monoisotopic (exact) mass is 182 g/mol. The van der Waals surface area contributed by atoms with Crippen LogP contribution in [0, 0.1) is 0 Å². The predicted octanol–water partition coefficient (Wildman–Crippen LogP) is 1.39. The maximum atomic E-state index is 11.6. The summed E-state index contributed by atoms with van der Waals surface area (Å²) >= 11 is 0. The van der Waals surface area contributed by atoms with Crippen LogP contribution in [0.15, 0.2) is 12.3 Å². The fourth-order valence-corrected chi connectivity index (χ4v) is 0.591. The van der Waals surface area contributed by atoms with E-state index in [1.807, 2.05) is 0 Å². The zero-order chi connectivity index (χ0) is 9.78. The highest BCUT2D eigenvalue weighted by molar-refractivity contribution is 5.01. The Morgan fingerprint density at radius 2 is 2.08 bits per heavy atom. The molecule has 3 N–H and O–H groups in total. The van der Waals surface area contributed by atoms with E-state index in [0.29, 0.717) is 6.42 Å². The number of nitrogens with two attached hydrogens (primary N) is 1. The minimum atomic E-state index is -4.21. The smallest absolute Gasteiger partial charge is 0.379 e. The Kier molecular flexibility index (Phi) is 4.09. The van der Waals surface area contributed by atoms with Gasteiger partial charge in [-0.05, 0) is 6.42 Å². The van der Waals surface area contributed by atoms with Gasteiger partial charge in [0.15, 0.2) is 0 Å². The van der Waals surface area contributed by atoms with E-state index in [2.05, 4.69) is 11.9 Å². The molecule has 0 aliphatic heterocycles. The second kappa shape index (κ2) is 4.35. The lowest BCUT2D eigenvalue weighted by Crippen LogP contribution is -2.35. The number of hydrogen-bond acceptors (Lipinski definition) is 2. The molecule has 0 aromatic carbocycles. The van der Waals surface area contributed by atoms with Crippen LogP contribution < -0.4 is 11.1 Å². The van der Waals surface area contributed by atoms with Gasteiger partial charge in [0.2, 0.25) is 0 Å². The summed E-state index contributed by atoms with van der Waals surface area (Å²) < 4.78 is 34.9.